The smallest absolute Gasteiger partial charge is 0.234 e. The molecular formula is C15H24N2O2. The van der Waals surface area contributed by atoms with Crippen LogP contribution in [-0.2, 0) is 11.3 Å². The summed E-state index contributed by atoms with van der Waals surface area (Å²) < 4.78 is 0. The van der Waals surface area contributed by atoms with Gasteiger partial charge in [0, 0.05) is 25.1 Å². The van der Waals surface area contributed by atoms with Crippen LogP contribution in [0.4, 0.5) is 0 Å². The number of amides is 1. The lowest BCUT2D eigenvalue weighted by molar-refractivity contribution is -0.120. The summed E-state index contributed by atoms with van der Waals surface area (Å²) in [5, 5.41) is 15.2. The summed E-state index contributed by atoms with van der Waals surface area (Å²) in [5.74, 6) is -0.0276. The lowest BCUT2D eigenvalue weighted by atomic mass is 9.89. The molecule has 0 aromatic heterocycles. The Kier molecular flexibility index (Phi) is 6.53. The zero-order valence-electron chi connectivity index (χ0n) is 11.8. The fraction of sp³-hybridized carbons (Fsp3) is 0.533. The van der Waals surface area contributed by atoms with Crippen molar-refractivity contribution in [1.82, 2.24) is 10.6 Å². The van der Waals surface area contributed by atoms with Crippen molar-refractivity contribution in [3.8, 4) is 0 Å². The Labute approximate surface area is 115 Å². The average molecular weight is 264 g/mol. The second-order valence-corrected chi connectivity index (χ2v) is 5.19. The highest BCUT2D eigenvalue weighted by molar-refractivity contribution is 5.77. The molecule has 0 saturated carbocycles. The van der Waals surface area contributed by atoms with Crippen LogP contribution in [0, 0.1) is 5.41 Å². The molecular weight excluding hydrogens is 240 g/mol. The summed E-state index contributed by atoms with van der Waals surface area (Å²) in [6.45, 7) is 5.63. The second kappa shape index (κ2) is 7.92. The topological polar surface area (TPSA) is 61.4 Å². The van der Waals surface area contributed by atoms with E-state index in [2.05, 4.69) is 10.6 Å². The minimum absolute atomic E-state index is 0.0276. The number of aliphatic hydroxyl groups is 1. The third-order valence-corrected chi connectivity index (χ3v) is 3.41. The molecule has 1 amide bonds. The van der Waals surface area contributed by atoms with Crippen molar-refractivity contribution in [2.45, 2.75) is 26.8 Å². The molecule has 1 unspecified atom stereocenters. The monoisotopic (exact) mass is 264 g/mol. The Morgan fingerprint density at radius 3 is 2.58 bits per heavy atom. The van der Waals surface area contributed by atoms with E-state index < -0.39 is 0 Å². The highest BCUT2D eigenvalue weighted by Gasteiger charge is 2.20. The van der Waals surface area contributed by atoms with Crippen LogP contribution in [0.3, 0.4) is 0 Å². The summed E-state index contributed by atoms with van der Waals surface area (Å²) in [7, 11) is 0. The standard InChI is InChI=1S/C15H24N2O2/c1-3-15(2,12-18)11-16-10-14(19)17-9-13-7-5-4-6-8-13/h4-8,16,18H,3,9-12H2,1-2H3,(H,17,19). The molecule has 0 heterocycles. The lowest BCUT2D eigenvalue weighted by Crippen LogP contribution is -2.40. The van der Waals surface area contributed by atoms with Crippen molar-refractivity contribution < 1.29 is 9.90 Å². The molecule has 1 atom stereocenters. The van der Waals surface area contributed by atoms with Gasteiger partial charge in [-0.05, 0) is 12.0 Å². The molecule has 1 aromatic rings. The van der Waals surface area contributed by atoms with Crippen molar-refractivity contribution in [3.05, 3.63) is 35.9 Å². The van der Waals surface area contributed by atoms with E-state index in [0.717, 1.165) is 12.0 Å². The zero-order valence-corrected chi connectivity index (χ0v) is 11.8. The van der Waals surface area contributed by atoms with E-state index in [0.29, 0.717) is 13.1 Å². The normalized spacial score (nSPS) is 13.8. The Hall–Kier alpha value is -1.39. The fourth-order valence-electron chi connectivity index (χ4n) is 1.63. The van der Waals surface area contributed by atoms with Crippen molar-refractivity contribution in [1.29, 1.82) is 0 Å². The molecule has 4 heteroatoms. The van der Waals surface area contributed by atoms with E-state index in [1.165, 1.54) is 0 Å². The van der Waals surface area contributed by atoms with Crippen LogP contribution >= 0.6 is 0 Å². The summed E-state index contributed by atoms with van der Waals surface area (Å²) in [5.41, 5.74) is 0.935. The van der Waals surface area contributed by atoms with Gasteiger partial charge in [-0.1, -0.05) is 44.2 Å². The molecule has 0 bridgehead atoms. The quantitative estimate of drug-likeness (QED) is 0.663. The van der Waals surface area contributed by atoms with Gasteiger partial charge in [-0.15, -0.1) is 0 Å². The highest BCUT2D eigenvalue weighted by Crippen LogP contribution is 2.17. The van der Waals surface area contributed by atoms with Gasteiger partial charge in [0.15, 0.2) is 0 Å². The van der Waals surface area contributed by atoms with Gasteiger partial charge in [0.2, 0.25) is 5.91 Å². The molecule has 0 aliphatic carbocycles. The summed E-state index contributed by atoms with van der Waals surface area (Å²) in [4.78, 5) is 11.6. The SMILES string of the molecule is CCC(C)(CO)CNCC(=O)NCc1ccccc1. The molecule has 0 aliphatic rings. The van der Waals surface area contributed by atoms with E-state index in [-0.39, 0.29) is 24.5 Å². The number of carbonyl (C=O) groups excluding carboxylic acids is 1. The first-order valence-corrected chi connectivity index (χ1v) is 6.72. The van der Waals surface area contributed by atoms with Crippen molar-refractivity contribution in [2.24, 2.45) is 5.41 Å². The van der Waals surface area contributed by atoms with Gasteiger partial charge in [-0.3, -0.25) is 4.79 Å². The van der Waals surface area contributed by atoms with Crippen molar-refractivity contribution in [3.63, 3.8) is 0 Å². The van der Waals surface area contributed by atoms with Crippen molar-refractivity contribution in [2.75, 3.05) is 19.7 Å². The van der Waals surface area contributed by atoms with Crippen LogP contribution in [-0.4, -0.2) is 30.7 Å². The maximum atomic E-state index is 11.6. The van der Waals surface area contributed by atoms with Crippen LogP contribution < -0.4 is 10.6 Å². The average Bonchev–Trinajstić information content (AvgIpc) is 2.46. The number of rotatable bonds is 8. The van der Waals surface area contributed by atoms with E-state index >= 15 is 0 Å². The minimum atomic E-state index is -0.153. The zero-order chi connectivity index (χ0) is 14.1. The van der Waals surface area contributed by atoms with Gasteiger partial charge in [0.1, 0.15) is 0 Å². The first-order valence-electron chi connectivity index (χ1n) is 6.72. The van der Waals surface area contributed by atoms with Gasteiger partial charge in [-0.25, -0.2) is 0 Å². The largest absolute Gasteiger partial charge is 0.396 e. The number of nitrogens with one attached hydrogen (secondary N) is 2. The molecule has 1 rings (SSSR count). The van der Waals surface area contributed by atoms with Gasteiger partial charge in [0.25, 0.3) is 0 Å². The van der Waals surface area contributed by atoms with E-state index in [1.54, 1.807) is 0 Å². The first kappa shape index (κ1) is 15.7. The molecule has 3 N–H and O–H groups in total. The summed E-state index contributed by atoms with van der Waals surface area (Å²) in [6, 6.07) is 9.82. The number of carbonyl (C=O) groups is 1. The molecule has 1 aromatic carbocycles. The molecule has 0 saturated heterocycles. The molecule has 0 spiro atoms. The molecule has 0 aliphatic heterocycles. The molecule has 4 nitrogen and oxygen atoms in total. The van der Waals surface area contributed by atoms with Crippen LogP contribution in [0.15, 0.2) is 30.3 Å². The van der Waals surface area contributed by atoms with E-state index in [1.807, 2.05) is 44.2 Å². The third kappa shape index (κ3) is 5.85. The lowest BCUT2D eigenvalue weighted by Gasteiger charge is -2.25. The predicted molar refractivity (Wildman–Crippen MR) is 76.6 cm³/mol. The van der Waals surface area contributed by atoms with Crippen LogP contribution in [0.1, 0.15) is 25.8 Å². The number of aliphatic hydroxyl groups excluding tert-OH is 1. The van der Waals surface area contributed by atoms with Gasteiger partial charge in [0.05, 0.1) is 6.54 Å². The van der Waals surface area contributed by atoms with Crippen LogP contribution in [0.5, 0.6) is 0 Å². The predicted octanol–water partition coefficient (Wildman–Crippen LogP) is 1.30. The molecule has 0 fully saturated rings. The number of benzene rings is 1. The first-order chi connectivity index (χ1) is 9.09. The van der Waals surface area contributed by atoms with Crippen LogP contribution in [0.25, 0.3) is 0 Å². The van der Waals surface area contributed by atoms with Gasteiger partial charge in [-0.2, -0.15) is 0 Å². The Bertz CT molecular complexity index is 375. The third-order valence-electron chi connectivity index (χ3n) is 3.41. The fourth-order valence-corrected chi connectivity index (χ4v) is 1.63. The Balaban J connectivity index is 2.22. The van der Waals surface area contributed by atoms with E-state index in [4.69, 9.17) is 0 Å². The number of hydrogen-bond acceptors (Lipinski definition) is 3. The number of hydrogen-bond donors (Lipinski definition) is 3. The maximum absolute atomic E-state index is 11.6. The highest BCUT2D eigenvalue weighted by atomic mass is 16.3. The maximum Gasteiger partial charge on any atom is 0.234 e. The van der Waals surface area contributed by atoms with E-state index in [9.17, 15) is 9.90 Å². The molecule has 0 radical (unpaired) electrons. The second-order valence-electron chi connectivity index (χ2n) is 5.19. The minimum Gasteiger partial charge on any atom is -0.396 e. The van der Waals surface area contributed by atoms with Crippen molar-refractivity contribution >= 4 is 5.91 Å². The summed E-state index contributed by atoms with van der Waals surface area (Å²) in [6.07, 6.45) is 0.877. The van der Waals surface area contributed by atoms with Gasteiger partial charge < -0.3 is 15.7 Å². The Morgan fingerprint density at radius 2 is 2.00 bits per heavy atom. The van der Waals surface area contributed by atoms with Crippen LogP contribution in [0.2, 0.25) is 0 Å². The molecule has 19 heavy (non-hydrogen) atoms. The molecule has 106 valence electrons. The van der Waals surface area contributed by atoms with Gasteiger partial charge >= 0.3 is 0 Å². The summed E-state index contributed by atoms with van der Waals surface area (Å²) >= 11 is 0. The Morgan fingerprint density at radius 1 is 1.32 bits per heavy atom.